The Morgan fingerprint density at radius 2 is 1.77 bits per heavy atom. The van der Waals surface area contributed by atoms with E-state index in [4.69, 9.17) is 4.74 Å². The van der Waals surface area contributed by atoms with E-state index in [-0.39, 0.29) is 11.8 Å². The van der Waals surface area contributed by atoms with E-state index in [1.807, 2.05) is 72.5 Å². The highest BCUT2D eigenvalue weighted by molar-refractivity contribution is 5.96. The van der Waals surface area contributed by atoms with E-state index >= 15 is 0 Å². The van der Waals surface area contributed by atoms with Crippen LogP contribution in [0.4, 0.5) is 5.69 Å². The summed E-state index contributed by atoms with van der Waals surface area (Å²) >= 11 is 0. The zero-order valence-electron chi connectivity index (χ0n) is 17.9. The van der Waals surface area contributed by atoms with Crippen LogP contribution in [0.3, 0.4) is 0 Å². The summed E-state index contributed by atoms with van der Waals surface area (Å²) in [6.07, 6.45) is 1.39. The molecule has 0 atom stereocenters. The molecule has 1 N–H and O–H groups in total. The lowest BCUT2D eigenvalue weighted by Crippen LogP contribution is -2.27. The summed E-state index contributed by atoms with van der Waals surface area (Å²) < 4.78 is 5.22. The van der Waals surface area contributed by atoms with Gasteiger partial charge in [0.05, 0.1) is 7.11 Å². The Hall–Kier alpha value is -3.60. The molecule has 0 aromatic heterocycles. The minimum Gasteiger partial charge on any atom is -0.497 e. The summed E-state index contributed by atoms with van der Waals surface area (Å²) in [5, 5.41) is 2.95. The average molecular weight is 415 g/mol. The molecule has 0 bridgehead atoms. The van der Waals surface area contributed by atoms with Crippen molar-refractivity contribution >= 4 is 17.5 Å². The van der Waals surface area contributed by atoms with Crippen molar-refractivity contribution in [3.05, 3.63) is 83.4 Å². The molecule has 2 amide bonds. The summed E-state index contributed by atoms with van der Waals surface area (Å²) in [5.74, 6) is 0.820. The van der Waals surface area contributed by atoms with Gasteiger partial charge >= 0.3 is 0 Å². The summed E-state index contributed by atoms with van der Waals surface area (Å²) in [7, 11) is 1.63. The number of carbonyl (C=O) groups excluding carboxylic acids is 2. The fourth-order valence-electron chi connectivity index (χ4n) is 3.91. The largest absolute Gasteiger partial charge is 0.497 e. The van der Waals surface area contributed by atoms with Crippen LogP contribution >= 0.6 is 0 Å². The van der Waals surface area contributed by atoms with Gasteiger partial charge < -0.3 is 15.0 Å². The van der Waals surface area contributed by atoms with E-state index < -0.39 is 0 Å². The second-order valence-electron chi connectivity index (χ2n) is 7.60. The Bertz CT molecular complexity index is 1110. The molecule has 158 valence electrons. The highest BCUT2D eigenvalue weighted by Gasteiger charge is 2.23. The number of benzene rings is 3. The van der Waals surface area contributed by atoms with Crippen LogP contribution in [0.25, 0.3) is 11.1 Å². The molecule has 1 heterocycles. The molecule has 0 unspecified atom stereocenters. The number of hydrogen-bond acceptors (Lipinski definition) is 3. The molecule has 3 aromatic carbocycles. The van der Waals surface area contributed by atoms with Gasteiger partial charge in [0.2, 0.25) is 5.91 Å². The molecule has 0 aliphatic carbocycles. The van der Waals surface area contributed by atoms with Crippen LogP contribution in [-0.4, -0.2) is 25.5 Å². The van der Waals surface area contributed by atoms with Crippen LogP contribution < -0.4 is 15.0 Å². The molecule has 5 nitrogen and oxygen atoms in total. The second-order valence-corrected chi connectivity index (χ2v) is 7.60. The number of nitrogens with zero attached hydrogens (tertiary/aromatic N) is 1. The van der Waals surface area contributed by atoms with Gasteiger partial charge in [-0.1, -0.05) is 37.3 Å². The number of amides is 2. The minimum absolute atomic E-state index is 0.114. The van der Waals surface area contributed by atoms with Crippen LogP contribution in [0.2, 0.25) is 0 Å². The summed E-state index contributed by atoms with van der Waals surface area (Å²) in [6.45, 7) is 3.08. The third-order valence-corrected chi connectivity index (χ3v) is 5.65. The molecule has 0 radical (unpaired) electrons. The van der Waals surface area contributed by atoms with Crippen LogP contribution in [0.15, 0.2) is 66.7 Å². The molecule has 4 rings (SSSR count). The lowest BCUT2D eigenvalue weighted by molar-refractivity contribution is -0.118. The maximum Gasteiger partial charge on any atom is 0.251 e. The Balaban J connectivity index is 1.43. The zero-order chi connectivity index (χ0) is 21.8. The molecular formula is C26H26N2O3. The quantitative estimate of drug-likeness (QED) is 0.642. The molecule has 0 saturated carbocycles. The first kappa shape index (κ1) is 20.7. The van der Waals surface area contributed by atoms with Crippen molar-refractivity contribution in [1.29, 1.82) is 0 Å². The van der Waals surface area contributed by atoms with Gasteiger partial charge in [-0.05, 0) is 65.1 Å². The standard InChI is InChI=1S/C26H26N2O3/c1-3-25(29)28-14-13-22-16-21(11-12-24(22)28)19-7-9-20(10-8-19)26(30)27-17-18-5-4-6-23(15-18)31-2/h4-12,15-16H,3,13-14,17H2,1-2H3,(H,27,30). The van der Waals surface area contributed by atoms with Gasteiger partial charge in [0, 0.05) is 30.8 Å². The molecular weight excluding hydrogens is 388 g/mol. The van der Waals surface area contributed by atoms with E-state index in [9.17, 15) is 9.59 Å². The van der Waals surface area contributed by atoms with Gasteiger partial charge in [-0.3, -0.25) is 9.59 Å². The molecule has 31 heavy (non-hydrogen) atoms. The minimum atomic E-state index is -0.114. The second kappa shape index (κ2) is 9.04. The van der Waals surface area contributed by atoms with Crippen molar-refractivity contribution < 1.29 is 14.3 Å². The number of nitrogens with one attached hydrogen (secondary N) is 1. The maximum absolute atomic E-state index is 12.5. The molecule has 0 saturated heterocycles. The summed E-state index contributed by atoms with van der Waals surface area (Å²) in [6, 6.07) is 21.5. The van der Waals surface area contributed by atoms with Crippen molar-refractivity contribution in [2.75, 3.05) is 18.6 Å². The fraction of sp³-hybridized carbons (Fsp3) is 0.231. The number of hydrogen-bond donors (Lipinski definition) is 1. The smallest absolute Gasteiger partial charge is 0.251 e. The van der Waals surface area contributed by atoms with E-state index in [0.717, 1.165) is 41.1 Å². The third-order valence-electron chi connectivity index (χ3n) is 5.65. The van der Waals surface area contributed by atoms with E-state index in [1.165, 1.54) is 5.56 Å². The van der Waals surface area contributed by atoms with Crippen LogP contribution in [0, 0.1) is 0 Å². The van der Waals surface area contributed by atoms with Crippen LogP contribution in [0.1, 0.15) is 34.8 Å². The molecule has 1 aliphatic heterocycles. The van der Waals surface area contributed by atoms with Crippen molar-refractivity contribution in [2.24, 2.45) is 0 Å². The summed E-state index contributed by atoms with van der Waals surface area (Å²) in [5.41, 5.74) is 5.95. The lowest BCUT2D eigenvalue weighted by Gasteiger charge is -2.16. The van der Waals surface area contributed by atoms with Gasteiger partial charge in [0.15, 0.2) is 0 Å². The van der Waals surface area contributed by atoms with Crippen molar-refractivity contribution in [3.63, 3.8) is 0 Å². The molecule has 3 aromatic rings. The number of carbonyl (C=O) groups is 2. The zero-order valence-corrected chi connectivity index (χ0v) is 17.9. The average Bonchev–Trinajstić information content (AvgIpc) is 3.25. The lowest BCUT2D eigenvalue weighted by atomic mass is 10.0. The predicted octanol–water partition coefficient (Wildman–Crippen LogP) is 4.59. The van der Waals surface area contributed by atoms with Gasteiger partial charge in [-0.2, -0.15) is 0 Å². The van der Waals surface area contributed by atoms with Gasteiger partial charge in [-0.25, -0.2) is 0 Å². The van der Waals surface area contributed by atoms with E-state index in [0.29, 0.717) is 18.5 Å². The van der Waals surface area contributed by atoms with Gasteiger partial charge in [-0.15, -0.1) is 0 Å². The predicted molar refractivity (Wildman–Crippen MR) is 122 cm³/mol. The van der Waals surface area contributed by atoms with E-state index in [2.05, 4.69) is 11.4 Å². The molecule has 0 spiro atoms. The highest BCUT2D eigenvalue weighted by Crippen LogP contribution is 2.32. The van der Waals surface area contributed by atoms with Crippen molar-refractivity contribution in [3.8, 4) is 16.9 Å². The van der Waals surface area contributed by atoms with Gasteiger partial charge in [0.25, 0.3) is 5.91 Å². The third kappa shape index (κ3) is 4.45. The first-order chi connectivity index (χ1) is 15.1. The molecule has 5 heteroatoms. The summed E-state index contributed by atoms with van der Waals surface area (Å²) in [4.78, 5) is 26.5. The van der Waals surface area contributed by atoms with Gasteiger partial charge in [0.1, 0.15) is 5.75 Å². The SMILES string of the molecule is CCC(=O)N1CCc2cc(-c3ccc(C(=O)NCc4cccc(OC)c4)cc3)ccc21. The normalized spacial score (nSPS) is 12.4. The topological polar surface area (TPSA) is 58.6 Å². The first-order valence-corrected chi connectivity index (χ1v) is 10.5. The Labute approximate surface area is 182 Å². The van der Waals surface area contributed by atoms with Crippen LogP contribution in [-0.2, 0) is 17.8 Å². The Morgan fingerprint density at radius 3 is 2.52 bits per heavy atom. The van der Waals surface area contributed by atoms with Crippen molar-refractivity contribution in [2.45, 2.75) is 26.3 Å². The number of methoxy groups -OCH3 is 1. The number of ether oxygens (including phenoxy) is 1. The first-order valence-electron chi connectivity index (χ1n) is 10.5. The molecule has 0 fully saturated rings. The molecule has 1 aliphatic rings. The highest BCUT2D eigenvalue weighted by atomic mass is 16.5. The van der Waals surface area contributed by atoms with E-state index in [1.54, 1.807) is 7.11 Å². The monoisotopic (exact) mass is 414 g/mol. The Morgan fingerprint density at radius 1 is 1.00 bits per heavy atom. The number of anilines is 1. The fourth-order valence-corrected chi connectivity index (χ4v) is 3.91. The number of rotatable bonds is 6. The van der Waals surface area contributed by atoms with Crippen molar-refractivity contribution in [1.82, 2.24) is 5.32 Å². The van der Waals surface area contributed by atoms with Crippen LogP contribution in [0.5, 0.6) is 5.75 Å². The maximum atomic E-state index is 12.5. The Kier molecular flexibility index (Phi) is 6.03. The number of fused-ring (bicyclic) bond motifs is 1.